The second-order valence-electron chi connectivity index (χ2n) is 4.31. The highest BCUT2D eigenvalue weighted by molar-refractivity contribution is 7.89. The lowest BCUT2D eigenvalue weighted by molar-refractivity contribution is 0.418. The number of halogens is 1. The highest BCUT2D eigenvalue weighted by Crippen LogP contribution is 2.19. The van der Waals surface area contributed by atoms with Crippen molar-refractivity contribution < 1.29 is 12.8 Å². The first kappa shape index (κ1) is 16.1. The zero-order valence-corrected chi connectivity index (χ0v) is 12.2. The van der Waals surface area contributed by atoms with Crippen LogP contribution < -0.4 is 5.73 Å². The summed E-state index contributed by atoms with van der Waals surface area (Å²) < 4.78 is 39.6. The van der Waals surface area contributed by atoms with Crippen LogP contribution in [0.15, 0.2) is 23.1 Å². The fraction of sp³-hybridized carbons (Fsp3) is 0.538. The number of hydrogen-bond donors (Lipinski definition) is 1. The van der Waals surface area contributed by atoms with E-state index in [2.05, 4.69) is 0 Å². The Morgan fingerprint density at radius 3 is 2.53 bits per heavy atom. The summed E-state index contributed by atoms with van der Waals surface area (Å²) in [6.45, 7) is 4.66. The monoisotopic (exact) mass is 288 g/mol. The maximum Gasteiger partial charge on any atom is 0.243 e. The van der Waals surface area contributed by atoms with Crippen molar-refractivity contribution in [1.29, 1.82) is 0 Å². The van der Waals surface area contributed by atoms with Gasteiger partial charge in [0, 0.05) is 25.2 Å². The van der Waals surface area contributed by atoms with Gasteiger partial charge in [0.2, 0.25) is 10.0 Å². The number of sulfonamides is 1. The Kier molecular flexibility index (Phi) is 5.90. The minimum absolute atomic E-state index is 0.0176. The lowest BCUT2D eigenvalue weighted by Crippen LogP contribution is -2.32. The normalized spacial score (nSPS) is 12.1. The lowest BCUT2D eigenvalue weighted by atomic mass is 10.2. The molecular weight excluding hydrogens is 267 g/mol. The number of nitrogens with two attached hydrogens (primary N) is 1. The Hall–Kier alpha value is -0.980. The van der Waals surface area contributed by atoms with E-state index in [4.69, 9.17) is 5.73 Å². The number of benzene rings is 1. The van der Waals surface area contributed by atoms with Gasteiger partial charge in [-0.15, -0.1) is 0 Å². The van der Waals surface area contributed by atoms with Gasteiger partial charge in [-0.1, -0.05) is 20.3 Å². The van der Waals surface area contributed by atoms with Gasteiger partial charge in [0.1, 0.15) is 5.82 Å². The molecule has 0 saturated carbocycles. The molecule has 0 radical (unpaired) electrons. The molecule has 0 aliphatic rings. The molecule has 0 unspecified atom stereocenters. The van der Waals surface area contributed by atoms with E-state index < -0.39 is 15.8 Å². The van der Waals surface area contributed by atoms with E-state index in [0.717, 1.165) is 18.9 Å². The highest BCUT2D eigenvalue weighted by Gasteiger charge is 2.23. The standard InChI is InChI=1S/C13H21FN2O2S/c1-3-5-8-16(4-2)19(17,18)12-6-7-13(14)11(9-12)10-15/h6-7,9H,3-5,8,10,15H2,1-2H3. The topological polar surface area (TPSA) is 63.4 Å². The maximum absolute atomic E-state index is 13.4. The molecule has 0 aliphatic heterocycles. The first-order chi connectivity index (χ1) is 8.97. The first-order valence-corrected chi connectivity index (χ1v) is 7.90. The lowest BCUT2D eigenvalue weighted by Gasteiger charge is -2.20. The third-order valence-electron chi connectivity index (χ3n) is 2.99. The van der Waals surface area contributed by atoms with E-state index in [9.17, 15) is 12.8 Å². The number of hydrogen-bond acceptors (Lipinski definition) is 3. The fourth-order valence-corrected chi connectivity index (χ4v) is 3.34. The summed E-state index contributed by atoms with van der Waals surface area (Å²) in [6, 6.07) is 3.76. The molecule has 19 heavy (non-hydrogen) atoms. The van der Waals surface area contributed by atoms with Crippen molar-refractivity contribution in [2.24, 2.45) is 5.73 Å². The second-order valence-corrected chi connectivity index (χ2v) is 6.25. The molecule has 0 atom stereocenters. The molecule has 1 aromatic rings. The third kappa shape index (κ3) is 3.75. The quantitative estimate of drug-likeness (QED) is 0.835. The van der Waals surface area contributed by atoms with Gasteiger partial charge >= 0.3 is 0 Å². The fourth-order valence-electron chi connectivity index (χ4n) is 1.80. The number of rotatable bonds is 7. The average Bonchev–Trinajstić information content (AvgIpc) is 2.39. The summed E-state index contributed by atoms with van der Waals surface area (Å²) in [5.74, 6) is -0.474. The van der Waals surface area contributed by atoms with Gasteiger partial charge in [-0.05, 0) is 24.6 Å². The van der Waals surface area contributed by atoms with Crippen LogP contribution >= 0.6 is 0 Å². The van der Waals surface area contributed by atoms with Crippen LogP contribution in [-0.2, 0) is 16.6 Å². The molecule has 0 amide bonds. The predicted molar refractivity (Wildman–Crippen MR) is 73.6 cm³/mol. The van der Waals surface area contributed by atoms with Gasteiger partial charge in [-0.3, -0.25) is 0 Å². The Morgan fingerprint density at radius 1 is 1.32 bits per heavy atom. The van der Waals surface area contributed by atoms with E-state index in [0.29, 0.717) is 13.1 Å². The van der Waals surface area contributed by atoms with Crippen LogP contribution in [0.25, 0.3) is 0 Å². The maximum atomic E-state index is 13.4. The summed E-state index contributed by atoms with van der Waals surface area (Å²) in [6.07, 6.45) is 1.72. The molecule has 108 valence electrons. The largest absolute Gasteiger partial charge is 0.326 e. The van der Waals surface area contributed by atoms with Crippen molar-refractivity contribution in [3.63, 3.8) is 0 Å². The zero-order chi connectivity index (χ0) is 14.5. The van der Waals surface area contributed by atoms with Crippen LogP contribution in [-0.4, -0.2) is 25.8 Å². The van der Waals surface area contributed by atoms with E-state index in [1.54, 1.807) is 6.92 Å². The van der Waals surface area contributed by atoms with Crippen LogP contribution in [0.5, 0.6) is 0 Å². The summed E-state index contributed by atoms with van der Waals surface area (Å²) >= 11 is 0. The SMILES string of the molecule is CCCCN(CC)S(=O)(=O)c1ccc(F)c(CN)c1. The van der Waals surface area contributed by atoms with Crippen molar-refractivity contribution in [2.75, 3.05) is 13.1 Å². The second kappa shape index (κ2) is 6.98. The van der Waals surface area contributed by atoms with Crippen LogP contribution in [0, 0.1) is 5.82 Å². The van der Waals surface area contributed by atoms with Crippen molar-refractivity contribution >= 4 is 10.0 Å². The van der Waals surface area contributed by atoms with Crippen molar-refractivity contribution in [3.05, 3.63) is 29.6 Å². The number of nitrogens with zero attached hydrogens (tertiary/aromatic N) is 1. The summed E-state index contributed by atoms with van der Waals surface area (Å²) in [5, 5.41) is 0. The molecule has 0 heterocycles. The number of unbranched alkanes of at least 4 members (excludes halogenated alkanes) is 1. The molecule has 0 aromatic heterocycles. The summed E-state index contributed by atoms with van der Waals surface area (Å²) in [7, 11) is -3.56. The smallest absolute Gasteiger partial charge is 0.243 e. The van der Waals surface area contributed by atoms with Gasteiger partial charge in [0.05, 0.1) is 4.90 Å². The molecule has 6 heteroatoms. The van der Waals surface area contributed by atoms with E-state index in [-0.39, 0.29) is 17.0 Å². The molecule has 1 aromatic carbocycles. The van der Waals surface area contributed by atoms with E-state index in [1.165, 1.54) is 16.4 Å². The van der Waals surface area contributed by atoms with Crippen molar-refractivity contribution in [2.45, 2.75) is 38.1 Å². The Morgan fingerprint density at radius 2 is 2.00 bits per heavy atom. The van der Waals surface area contributed by atoms with Gasteiger partial charge in [0.15, 0.2) is 0 Å². The van der Waals surface area contributed by atoms with E-state index >= 15 is 0 Å². The van der Waals surface area contributed by atoms with Gasteiger partial charge in [0.25, 0.3) is 0 Å². The molecular formula is C13H21FN2O2S. The van der Waals surface area contributed by atoms with Crippen molar-refractivity contribution in [3.8, 4) is 0 Å². The minimum Gasteiger partial charge on any atom is -0.326 e. The van der Waals surface area contributed by atoms with Gasteiger partial charge in [-0.2, -0.15) is 4.31 Å². The summed E-state index contributed by atoms with van der Waals surface area (Å²) in [5.41, 5.74) is 5.62. The van der Waals surface area contributed by atoms with Gasteiger partial charge in [-0.25, -0.2) is 12.8 Å². The Balaban J connectivity index is 3.11. The average molecular weight is 288 g/mol. The molecule has 0 spiro atoms. The molecule has 0 bridgehead atoms. The predicted octanol–water partition coefficient (Wildman–Crippen LogP) is 2.10. The van der Waals surface area contributed by atoms with Crippen LogP contribution in [0.2, 0.25) is 0 Å². The first-order valence-electron chi connectivity index (χ1n) is 6.46. The molecule has 0 saturated heterocycles. The van der Waals surface area contributed by atoms with Gasteiger partial charge < -0.3 is 5.73 Å². The zero-order valence-electron chi connectivity index (χ0n) is 11.4. The van der Waals surface area contributed by atoms with Crippen LogP contribution in [0.4, 0.5) is 4.39 Å². The molecule has 0 aliphatic carbocycles. The molecule has 1 rings (SSSR count). The van der Waals surface area contributed by atoms with Crippen LogP contribution in [0.3, 0.4) is 0 Å². The van der Waals surface area contributed by atoms with Crippen LogP contribution in [0.1, 0.15) is 32.3 Å². The third-order valence-corrected chi connectivity index (χ3v) is 4.96. The molecule has 0 fully saturated rings. The summed E-state index contributed by atoms with van der Waals surface area (Å²) in [4.78, 5) is 0.104. The van der Waals surface area contributed by atoms with Crippen molar-refractivity contribution in [1.82, 2.24) is 4.31 Å². The Labute approximate surface area is 114 Å². The molecule has 2 N–H and O–H groups in total. The molecule has 4 nitrogen and oxygen atoms in total. The minimum atomic E-state index is -3.56. The highest BCUT2D eigenvalue weighted by atomic mass is 32.2. The van der Waals surface area contributed by atoms with E-state index in [1.807, 2.05) is 6.92 Å². The Bertz CT molecular complexity index is 517.